The van der Waals surface area contributed by atoms with Crippen molar-refractivity contribution in [3.05, 3.63) is 75.7 Å². The maximum absolute atomic E-state index is 11.0. The van der Waals surface area contributed by atoms with E-state index in [0.29, 0.717) is 16.7 Å². The van der Waals surface area contributed by atoms with Gasteiger partial charge >= 0.3 is 0 Å². The molecule has 0 fully saturated rings. The van der Waals surface area contributed by atoms with Crippen molar-refractivity contribution in [1.29, 1.82) is 0 Å². The van der Waals surface area contributed by atoms with E-state index in [1.54, 1.807) is 43.3 Å². The number of nitrogens with zero attached hydrogens (tertiary/aromatic N) is 3. The summed E-state index contributed by atoms with van der Waals surface area (Å²) >= 11 is 0. The smallest absolute Gasteiger partial charge is 0.273 e. The van der Waals surface area contributed by atoms with E-state index in [9.17, 15) is 15.2 Å². The van der Waals surface area contributed by atoms with Gasteiger partial charge in [-0.1, -0.05) is 47.6 Å². The Hall–Kier alpha value is -3.06. The topological polar surface area (TPSA) is 102 Å². The zero-order chi connectivity index (χ0) is 16.4. The number of aliphatic hydroxyl groups excluding tert-OH is 1. The van der Waals surface area contributed by atoms with Crippen molar-refractivity contribution in [2.75, 3.05) is 0 Å². The highest BCUT2D eigenvalue weighted by molar-refractivity contribution is 5.60. The van der Waals surface area contributed by atoms with Gasteiger partial charge in [0.05, 0.1) is 4.92 Å². The van der Waals surface area contributed by atoms with Crippen LogP contribution < -0.4 is 0 Å². The molecule has 0 aliphatic heterocycles. The largest absolute Gasteiger partial charge is 0.378 e. The van der Waals surface area contributed by atoms with E-state index < -0.39 is 11.0 Å². The van der Waals surface area contributed by atoms with Gasteiger partial charge in [0, 0.05) is 17.2 Å². The summed E-state index contributed by atoms with van der Waals surface area (Å²) in [6.07, 6.45) is -1.04. The van der Waals surface area contributed by atoms with Crippen LogP contribution in [0.1, 0.15) is 23.1 Å². The van der Waals surface area contributed by atoms with Crippen molar-refractivity contribution < 1.29 is 14.6 Å². The predicted octanol–water partition coefficient (Wildman–Crippen LogP) is 3.03. The van der Waals surface area contributed by atoms with Gasteiger partial charge < -0.3 is 9.63 Å². The summed E-state index contributed by atoms with van der Waals surface area (Å²) in [5.74, 6) is 0.229. The molecule has 116 valence electrons. The Morgan fingerprint density at radius 1 is 1.22 bits per heavy atom. The monoisotopic (exact) mass is 311 g/mol. The normalized spacial score (nSPS) is 12.1. The molecule has 7 nitrogen and oxygen atoms in total. The summed E-state index contributed by atoms with van der Waals surface area (Å²) in [5.41, 5.74) is 1.61. The number of aromatic nitrogens is 2. The molecule has 0 aliphatic carbocycles. The molecule has 0 aliphatic rings. The summed E-state index contributed by atoms with van der Waals surface area (Å²) in [7, 11) is 0. The highest BCUT2D eigenvalue weighted by atomic mass is 16.6. The lowest BCUT2D eigenvalue weighted by molar-refractivity contribution is -0.385. The van der Waals surface area contributed by atoms with Crippen LogP contribution in [0.2, 0.25) is 0 Å². The van der Waals surface area contributed by atoms with Crippen molar-refractivity contribution in [2.24, 2.45) is 0 Å². The Morgan fingerprint density at radius 3 is 2.65 bits per heavy atom. The van der Waals surface area contributed by atoms with E-state index in [4.69, 9.17) is 4.52 Å². The van der Waals surface area contributed by atoms with Crippen LogP contribution in [0, 0.1) is 17.0 Å². The fourth-order valence-corrected chi connectivity index (χ4v) is 2.19. The lowest BCUT2D eigenvalue weighted by Crippen LogP contribution is -1.99. The van der Waals surface area contributed by atoms with Gasteiger partial charge in [-0.15, -0.1) is 0 Å². The highest BCUT2D eigenvalue weighted by Gasteiger charge is 2.20. The first kappa shape index (κ1) is 14.9. The number of aryl methyl sites for hydroxylation is 1. The van der Waals surface area contributed by atoms with Gasteiger partial charge in [0.1, 0.15) is 0 Å². The number of hydrogen-bond acceptors (Lipinski definition) is 6. The van der Waals surface area contributed by atoms with Crippen LogP contribution in [0.3, 0.4) is 0 Å². The molecular formula is C16H13N3O4. The van der Waals surface area contributed by atoms with E-state index in [1.165, 1.54) is 6.07 Å². The number of benzene rings is 2. The molecule has 1 heterocycles. The Morgan fingerprint density at radius 2 is 1.96 bits per heavy atom. The summed E-state index contributed by atoms with van der Waals surface area (Å²) in [6, 6.07) is 13.6. The molecule has 0 radical (unpaired) electrons. The van der Waals surface area contributed by atoms with Crippen LogP contribution in [0.5, 0.6) is 0 Å². The van der Waals surface area contributed by atoms with Crippen LogP contribution in [0.4, 0.5) is 5.69 Å². The van der Waals surface area contributed by atoms with Gasteiger partial charge in [-0.3, -0.25) is 10.1 Å². The number of hydrogen-bond donors (Lipinski definition) is 1. The molecule has 2 aromatic carbocycles. The molecule has 1 N–H and O–H groups in total. The Balaban J connectivity index is 1.93. The lowest BCUT2D eigenvalue weighted by Gasteiger charge is -2.04. The first-order chi connectivity index (χ1) is 11.1. The number of rotatable bonds is 4. The Kier molecular flexibility index (Phi) is 3.86. The van der Waals surface area contributed by atoms with Crippen molar-refractivity contribution in [2.45, 2.75) is 13.0 Å². The molecule has 0 saturated carbocycles. The molecule has 23 heavy (non-hydrogen) atoms. The molecule has 1 unspecified atom stereocenters. The lowest BCUT2D eigenvalue weighted by atomic mass is 10.1. The predicted molar refractivity (Wildman–Crippen MR) is 81.6 cm³/mol. The summed E-state index contributed by atoms with van der Waals surface area (Å²) in [5, 5.41) is 25.0. The molecule has 7 heteroatoms. The van der Waals surface area contributed by atoms with Crippen molar-refractivity contribution in [3.8, 4) is 11.4 Å². The van der Waals surface area contributed by atoms with Crippen molar-refractivity contribution >= 4 is 5.69 Å². The zero-order valence-electron chi connectivity index (χ0n) is 12.2. The Bertz CT molecular complexity index is 846. The van der Waals surface area contributed by atoms with Crippen LogP contribution in [-0.4, -0.2) is 20.2 Å². The van der Waals surface area contributed by atoms with Crippen molar-refractivity contribution in [1.82, 2.24) is 10.1 Å². The van der Waals surface area contributed by atoms with Gasteiger partial charge in [0.2, 0.25) is 5.82 Å². The SMILES string of the molecule is Cc1ccc(-c2noc(C(O)c3ccccc3)n2)cc1[N+](=O)[O-]. The second-order valence-electron chi connectivity index (χ2n) is 5.03. The van der Waals surface area contributed by atoms with E-state index in [1.807, 2.05) is 6.07 Å². The first-order valence-electron chi connectivity index (χ1n) is 6.88. The van der Waals surface area contributed by atoms with E-state index in [-0.39, 0.29) is 17.4 Å². The van der Waals surface area contributed by atoms with Crippen LogP contribution in [-0.2, 0) is 0 Å². The standard InChI is InChI=1S/C16H13N3O4/c1-10-7-8-12(9-13(10)19(21)22)15-17-16(23-18-15)14(20)11-5-3-2-4-6-11/h2-9,14,20H,1H3. The fraction of sp³-hybridized carbons (Fsp3) is 0.125. The third-order valence-electron chi connectivity index (χ3n) is 3.45. The summed E-state index contributed by atoms with van der Waals surface area (Å²) in [6.45, 7) is 1.66. The summed E-state index contributed by atoms with van der Waals surface area (Å²) in [4.78, 5) is 14.7. The minimum absolute atomic E-state index is 0.0162. The number of nitro groups is 1. The van der Waals surface area contributed by atoms with Crippen LogP contribution in [0.25, 0.3) is 11.4 Å². The molecule has 0 saturated heterocycles. The maximum atomic E-state index is 11.0. The maximum Gasteiger partial charge on any atom is 0.273 e. The minimum atomic E-state index is -1.04. The number of aliphatic hydroxyl groups is 1. The highest BCUT2D eigenvalue weighted by Crippen LogP contribution is 2.27. The van der Waals surface area contributed by atoms with Gasteiger partial charge in [-0.05, 0) is 12.5 Å². The third-order valence-corrected chi connectivity index (χ3v) is 3.45. The molecule has 3 aromatic rings. The second-order valence-corrected chi connectivity index (χ2v) is 5.03. The molecule has 0 spiro atoms. The minimum Gasteiger partial charge on any atom is -0.378 e. The molecule has 0 bridgehead atoms. The van der Waals surface area contributed by atoms with Gasteiger partial charge in [-0.25, -0.2) is 0 Å². The van der Waals surface area contributed by atoms with E-state index >= 15 is 0 Å². The fourth-order valence-electron chi connectivity index (χ4n) is 2.19. The van der Waals surface area contributed by atoms with Gasteiger partial charge in [0.15, 0.2) is 6.10 Å². The van der Waals surface area contributed by atoms with Gasteiger partial charge in [-0.2, -0.15) is 4.98 Å². The van der Waals surface area contributed by atoms with Crippen LogP contribution in [0.15, 0.2) is 53.1 Å². The van der Waals surface area contributed by atoms with E-state index in [0.717, 1.165) is 0 Å². The third kappa shape index (κ3) is 2.95. The first-order valence-corrected chi connectivity index (χ1v) is 6.88. The Labute approximate surface area is 131 Å². The molecule has 3 rings (SSSR count). The van der Waals surface area contributed by atoms with Gasteiger partial charge in [0.25, 0.3) is 11.6 Å². The van der Waals surface area contributed by atoms with E-state index in [2.05, 4.69) is 10.1 Å². The molecule has 1 aromatic heterocycles. The molecule has 0 amide bonds. The van der Waals surface area contributed by atoms with Crippen molar-refractivity contribution in [3.63, 3.8) is 0 Å². The van der Waals surface area contributed by atoms with Crippen LogP contribution >= 0.6 is 0 Å². The zero-order valence-corrected chi connectivity index (χ0v) is 12.2. The molecular weight excluding hydrogens is 298 g/mol. The quantitative estimate of drug-likeness (QED) is 0.587. The average molecular weight is 311 g/mol. The number of nitro benzene ring substituents is 1. The summed E-state index contributed by atoms with van der Waals surface area (Å²) < 4.78 is 5.08. The molecule has 1 atom stereocenters. The average Bonchev–Trinajstić information content (AvgIpc) is 3.05. The second kappa shape index (κ2) is 5.98.